The fraction of sp³-hybridized carbons (Fsp3) is 0.448. The SMILES string of the molecule is CCCOc1ccc(/C(O)=C2/C(=O)C(=O)N(CCN(CC)CC)C2c2ccc(N(C)C)cc2)c(C)c1. The lowest BCUT2D eigenvalue weighted by molar-refractivity contribution is -0.140. The minimum atomic E-state index is -0.660. The number of carbonyl (C=O) groups is 2. The minimum Gasteiger partial charge on any atom is -0.507 e. The average Bonchev–Trinajstić information content (AvgIpc) is 3.12. The Morgan fingerprint density at radius 1 is 1.03 bits per heavy atom. The smallest absolute Gasteiger partial charge is 0.295 e. The fourth-order valence-electron chi connectivity index (χ4n) is 4.56. The summed E-state index contributed by atoms with van der Waals surface area (Å²) in [6.07, 6.45) is 0.893. The van der Waals surface area contributed by atoms with Gasteiger partial charge in [-0.15, -0.1) is 0 Å². The van der Waals surface area contributed by atoms with Gasteiger partial charge in [0.2, 0.25) is 0 Å². The molecule has 2 aromatic carbocycles. The fourth-order valence-corrected chi connectivity index (χ4v) is 4.56. The standard InChI is InChI=1S/C29H39N3O4/c1-7-18-36-23-14-15-24(20(4)19-23)27(33)25-26(21-10-12-22(13-11-21)30(5)6)32(29(35)28(25)34)17-16-31(8-2)9-3/h10-15,19,26,33H,7-9,16-18H2,1-6H3/b27-25-. The molecule has 36 heavy (non-hydrogen) atoms. The van der Waals surface area contributed by atoms with Crippen LogP contribution in [0.25, 0.3) is 5.76 Å². The number of Topliss-reactive ketones (excluding diaryl/α,β-unsaturated/α-hetero) is 1. The predicted octanol–water partition coefficient (Wildman–Crippen LogP) is 4.61. The van der Waals surface area contributed by atoms with E-state index in [1.54, 1.807) is 17.0 Å². The summed E-state index contributed by atoms with van der Waals surface area (Å²) in [5.74, 6) is -0.674. The first-order valence-corrected chi connectivity index (χ1v) is 12.7. The number of benzene rings is 2. The molecule has 0 bridgehead atoms. The summed E-state index contributed by atoms with van der Waals surface area (Å²) in [4.78, 5) is 32.4. The molecule has 0 saturated carbocycles. The Labute approximate surface area is 215 Å². The number of likely N-dealkylation sites (tertiary alicyclic amines) is 1. The van der Waals surface area contributed by atoms with Crippen LogP contribution in [0.4, 0.5) is 5.69 Å². The number of aliphatic hydroxyl groups excluding tert-OH is 1. The molecule has 7 heteroatoms. The maximum absolute atomic E-state index is 13.3. The van der Waals surface area contributed by atoms with Crippen molar-refractivity contribution >= 4 is 23.1 Å². The van der Waals surface area contributed by atoms with Crippen LogP contribution in [-0.2, 0) is 9.59 Å². The summed E-state index contributed by atoms with van der Waals surface area (Å²) in [5.41, 5.74) is 3.23. The van der Waals surface area contributed by atoms with E-state index < -0.39 is 17.7 Å². The van der Waals surface area contributed by atoms with Crippen LogP contribution >= 0.6 is 0 Å². The lowest BCUT2D eigenvalue weighted by atomic mass is 9.93. The largest absolute Gasteiger partial charge is 0.507 e. The van der Waals surface area contributed by atoms with E-state index in [0.717, 1.165) is 36.3 Å². The highest BCUT2D eigenvalue weighted by Crippen LogP contribution is 2.40. The van der Waals surface area contributed by atoms with Crippen LogP contribution in [0.3, 0.4) is 0 Å². The second kappa shape index (κ2) is 12.1. The highest BCUT2D eigenvalue weighted by atomic mass is 16.5. The second-order valence-corrected chi connectivity index (χ2v) is 9.33. The van der Waals surface area contributed by atoms with Crippen molar-refractivity contribution in [2.24, 2.45) is 0 Å². The highest BCUT2D eigenvalue weighted by Gasteiger charge is 2.46. The Kier molecular flexibility index (Phi) is 9.15. The molecule has 0 aliphatic carbocycles. The average molecular weight is 494 g/mol. The number of hydrogen-bond acceptors (Lipinski definition) is 6. The number of aryl methyl sites for hydroxylation is 1. The molecule has 0 spiro atoms. The highest BCUT2D eigenvalue weighted by molar-refractivity contribution is 6.46. The van der Waals surface area contributed by atoms with Crippen LogP contribution in [0.1, 0.15) is 49.9 Å². The summed E-state index contributed by atoms with van der Waals surface area (Å²) in [6.45, 7) is 11.4. The van der Waals surface area contributed by atoms with E-state index in [2.05, 4.69) is 18.7 Å². The predicted molar refractivity (Wildman–Crippen MR) is 145 cm³/mol. The summed E-state index contributed by atoms with van der Waals surface area (Å²) >= 11 is 0. The van der Waals surface area contributed by atoms with Crippen molar-refractivity contribution in [3.8, 4) is 5.75 Å². The van der Waals surface area contributed by atoms with Gasteiger partial charge in [0.25, 0.3) is 11.7 Å². The van der Waals surface area contributed by atoms with Crippen molar-refractivity contribution in [3.05, 3.63) is 64.7 Å². The van der Waals surface area contributed by atoms with Gasteiger partial charge in [0.05, 0.1) is 18.2 Å². The first-order chi connectivity index (χ1) is 17.2. The van der Waals surface area contributed by atoms with E-state index in [0.29, 0.717) is 31.0 Å². The van der Waals surface area contributed by atoms with Crippen LogP contribution in [-0.4, -0.2) is 73.5 Å². The molecule has 7 nitrogen and oxygen atoms in total. The van der Waals surface area contributed by atoms with Crippen LogP contribution in [0, 0.1) is 6.92 Å². The first kappa shape index (κ1) is 27.3. The number of ether oxygens (including phenoxy) is 1. The monoisotopic (exact) mass is 493 g/mol. The van der Waals surface area contributed by atoms with Gasteiger partial charge in [0.1, 0.15) is 11.5 Å². The molecule has 0 radical (unpaired) electrons. The number of carbonyl (C=O) groups excluding carboxylic acids is 2. The second-order valence-electron chi connectivity index (χ2n) is 9.33. The summed E-state index contributed by atoms with van der Waals surface area (Å²) in [7, 11) is 3.92. The minimum absolute atomic E-state index is 0.127. The number of aliphatic hydroxyl groups is 1. The number of rotatable bonds is 11. The van der Waals surface area contributed by atoms with Gasteiger partial charge < -0.3 is 24.5 Å². The number of hydrogen-bond donors (Lipinski definition) is 1. The van der Waals surface area contributed by atoms with Crippen LogP contribution in [0.2, 0.25) is 0 Å². The van der Waals surface area contributed by atoms with E-state index >= 15 is 0 Å². The van der Waals surface area contributed by atoms with Crippen LogP contribution < -0.4 is 9.64 Å². The number of anilines is 1. The van der Waals surface area contributed by atoms with Gasteiger partial charge in [0, 0.05) is 38.4 Å². The quantitative estimate of drug-likeness (QED) is 0.280. The molecule has 1 amide bonds. The Hall–Kier alpha value is -3.32. The van der Waals surface area contributed by atoms with Gasteiger partial charge in [-0.25, -0.2) is 0 Å². The maximum Gasteiger partial charge on any atom is 0.295 e. The third-order valence-electron chi connectivity index (χ3n) is 6.74. The third kappa shape index (κ3) is 5.73. The number of likely N-dealkylation sites (N-methyl/N-ethyl adjacent to an activating group) is 1. The Morgan fingerprint density at radius 3 is 2.25 bits per heavy atom. The number of nitrogens with zero attached hydrogens (tertiary/aromatic N) is 3. The summed E-state index contributed by atoms with van der Waals surface area (Å²) in [6, 6.07) is 12.5. The van der Waals surface area contributed by atoms with Gasteiger partial charge in [-0.1, -0.05) is 32.9 Å². The van der Waals surface area contributed by atoms with E-state index in [1.165, 1.54) is 0 Å². The zero-order valence-electron chi connectivity index (χ0n) is 22.4. The maximum atomic E-state index is 13.3. The molecule has 1 fully saturated rings. The van der Waals surface area contributed by atoms with Crippen molar-refractivity contribution < 1.29 is 19.4 Å². The molecule has 1 aliphatic rings. The van der Waals surface area contributed by atoms with Gasteiger partial charge >= 0.3 is 0 Å². The van der Waals surface area contributed by atoms with Gasteiger partial charge in [0.15, 0.2) is 0 Å². The molecule has 1 aliphatic heterocycles. The summed E-state index contributed by atoms with van der Waals surface area (Å²) in [5, 5.41) is 11.4. The molecular formula is C29H39N3O4. The molecule has 1 N–H and O–H groups in total. The van der Waals surface area contributed by atoms with Crippen molar-refractivity contribution in [1.82, 2.24) is 9.80 Å². The molecule has 1 heterocycles. The zero-order chi connectivity index (χ0) is 26.4. The van der Waals surface area contributed by atoms with Gasteiger partial charge in [-0.3, -0.25) is 9.59 Å². The zero-order valence-corrected chi connectivity index (χ0v) is 22.4. The lowest BCUT2D eigenvalue weighted by Gasteiger charge is -2.28. The molecule has 194 valence electrons. The van der Waals surface area contributed by atoms with E-state index in [-0.39, 0.29) is 11.3 Å². The Bertz CT molecular complexity index is 1100. The van der Waals surface area contributed by atoms with Crippen molar-refractivity contribution in [1.29, 1.82) is 0 Å². The van der Waals surface area contributed by atoms with Gasteiger partial charge in [-0.2, -0.15) is 0 Å². The lowest BCUT2D eigenvalue weighted by Crippen LogP contribution is -2.38. The van der Waals surface area contributed by atoms with Crippen LogP contribution in [0.15, 0.2) is 48.0 Å². The van der Waals surface area contributed by atoms with Crippen LogP contribution in [0.5, 0.6) is 5.75 Å². The normalized spacial score (nSPS) is 17.2. The Morgan fingerprint density at radius 2 is 1.69 bits per heavy atom. The van der Waals surface area contributed by atoms with Crippen molar-refractivity contribution in [3.63, 3.8) is 0 Å². The molecule has 1 unspecified atom stereocenters. The topological polar surface area (TPSA) is 73.3 Å². The van der Waals surface area contributed by atoms with E-state index in [9.17, 15) is 14.7 Å². The first-order valence-electron chi connectivity index (χ1n) is 12.7. The molecule has 0 aromatic heterocycles. The van der Waals surface area contributed by atoms with E-state index in [4.69, 9.17) is 4.74 Å². The Balaban J connectivity index is 2.09. The van der Waals surface area contributed by atoms with Crippen molar-refractivity contribution in [2.75, 3.05) is 51.8 Å². The summed E-state index contributed by atoms with van der Waals surface area (Å²) < 4.78 is 5.71. The molecule has 2 aromatic rings. The number of amides is 1. The van der Waals surface area contributed by atoms with Crippen molar-refractivity contribution in [2.45, 2.75) is 40.2 Å². The third-order valence-corrected chi connectivity index (χ3v) is 6.74. The molecule has 1 atom stereocenters. The molecule has 3 rings (SSSR count). The number of ketones is 1. The molecular weight excluding hydrogens is 454 g/mol. The molecule has 1 saturated heterocycles. The van der Waals surface area contributed by atoms with Gasteiger partial charge in [-0.05, 0) is 67.9 Å². The van der Waals surface area contributed by atoms with E-state index in [1.807, 2.05) is 63.2 Å².